The standard InChI is InChI=1S/C17H16ClN3O6S/c1-25-11-6-8(4-5-10(11)22)14-12(18)15(23)21(14)17-19-9(7-28-17)13(20-27-3)16(24)26-2/h4-7,12,14,22H,1-3H3/b20-13-. The van der Waals surface area contributed by atoms with E-state index in [0.29, 0.717) is 10.7 Å². The van der Waals surface area contributed by atoms with Crippen molar-refractivity contribution in [2.24, 2.45) is 5.16 Å². The van der Waals surface area contributed by atoms with Gasteiger partial charge in [0.15, 0.2) is 16.6 Å². The number of hydrogen-bond acceptors (Lipinski definition) is 9. The number of oxime groups is 1. The zero-order valence-electron chi connectivity index (χ0n) is 15.1. The second kappa shape index (κ2) is 8.03. The number of benzene rings is 1. The second-order valence-corrected chi connectivity index (χ2v) is 6.92. The van der Waals surface area contributed by atoms with Crippen molar-refractivity contribution < 1.29 is 29.0 Å². The van der Waals surface area contributed by atoms with Gasteiger partial charge in [0.05, 0.1) is 20.3 Å². The molecule has 2 heterocycles. The van der Waals surface area contributed by atoms with Crippen LogP contribution >= 0.6 is 22.9 Å². The number of carbonyl (C=O) groups is 2. The summed E-state index contributed by atoms with van der Waals surface area (Å²) >= 11 is 7.38. The van der Waals surface area contributed by atoms with Crippen LogP contribution in [0.1, 0.15) is 17.3 Å². The Balaban J connectivity index is 1.95. The topological polar surface area (TPSA) is 111 Å². The van der Waals surface area contributed by atoms with E-state index in [1.165, 1.54) is 32.3 Å². The van der Waals surface area contributed by atoms with Gasteiger partial charge in [0.2, 0.25) is 11.6 Å². The van der Waals surface area contributed by atoms with Crippen LogP contribution in [0.2, 0.25) is 0 Å². The van der Waals surface area contributed by atoms with Crippen LogP contribution in [0.15, 0.2) is 28.7 Å². The highest BCUT2D eigenvalue weighted by molar-refractivity contribution is 7.14. The Morgan fingerprint density at radius 3 is 2.75 bits per heavy atom. The molecule has 2 unspecified atom stereocenters. The summed E-state index contributed by atoms with van der Waals surface area (Å²) < 4.78 is 9.79. The van der Waals surface area contributed by atoms with Gasteiger partial charge in [-0.05, 0) is 17.7 Å². The lowest BCUT2D eigenvalue weighted by Gasteiger charge is -2.42. The molecular weight excluding hydrogens is 410 g/mol. The van der Waals surface area contributed by atoms with Gasteiger partial charge in [-0.1, -0.05) is 11.2 Å². The van der Waals surface area contributed by atoms with Gasteiger partial charge < -0.3 is 19.4 Å². The summed E-state index contributed by atoms with van der Waals surface area (Å²) in [6, 6.07) is 4.21. The van der Waals surface area contributed by atoms with Crippen molar-refractivity contribution in [3.63, 3.8) is 0 Å². The Morgan fingerprint density at radius 2 is 2.11 bits per heavy atom. The summed E-state index contributed by atoms with van der Waals surface area (Å²) in [6.07, 6.45) is 0. The zero-order valence-corrected chi connectivity index (χ0v) is 16.7. The largest absolute Gasteiger partial charge is 0.504 e. The van der Waals surface area contributed by atoms with Crippen LogP contribution in [0, 0.1) is 0 Å². The molecule has 1 N–H and O–H groups in total. The number of carbonyl (C=O) groups excluding carboxylic acids is 2. The first-order valence-corrected chi connectivity index (χ1v) is 9.24. The molecule has 1 amide bonds. The van der Waals surface area contributed by atoms with Crippen molar-refractivity contribution in [2.45, 2.75) is 11.4 Å². The van der Waals surface area contributed by atoms with Gasteiger partial charge in [-0.3, -0.25) is 9.69 Å². The van der Waals surface area contributed by atoms with E-state index in [1.807, 2.05) is 0 Å². The number of aromatic hydroxyl groups is 1. The summed E-state index contributed by atoms with van der Waals surface area (Å²) in [5, 5.41) is 14.5. The number of anilines is 1. The van der Waals surface area contributed by atoms with Gasteiger partial charge in [0.1, 0.15) is 18.2 Å². The minimum atomic E-state index is -0.797. The molecule has 1 aromatic carbocycles. The van der Waals surface area contributed by atoms with Crippen molar-refractivity contribution in [1.82, 2.24) is 4.98 Å². The molecule has 11 heteroatoms. The van der Waals surface area contributed by atoms with Gasteiger partial charge in [-0.15, -0.1) is 22.9 Å². The molecule has 0 aliphatic carbocycles. The summed E-state index contributed by atoms with van der Waals surface area (Å²) in [5.41, 5.74) is 0.761. The van der Waals surface area contributed by atoms with Crippen LogP contribution in [0.25, 0.3) is 0 Å². The van der Waals surface area contributed by atoms with E-state index in [9.17, 15) is 14.7 Å². The minimum Gasteiger partial charge on any atom is -0.504 e. The molecule has 1 saturated heterocycles. The number of esters is 1. The Kier molecular flexibility index (Phi) is 5.71. The molecule has 1 aromatic heterocycles. The van der Waals surface area contributed by atoms with E-state index in [-0.39, 0.29) is 28.8 Å². The Bertz CT molecular complexity index is 947. The zero-order chi connectivity index (χ0) is 20.4. The summed E-state index contributed by atoms with van der Waals surface area (Å²) in [6.45, 7) is 0. The molecule has 148 valence electrons. The van der Waals surface area contributed by atoms with Crippen LogP contribution in [0.5, 0.6) is 11.5 Å². The minimum absolute atomic E-state index is 0.0235. The third kappa shape index (κ3) is 3.36. The molecule has 2 aromatic rings. The molecule has 0 radical (unpaired) electrons. The summed E-state index contributed by atoms with van der Waals surface area (Å²) in [7, 11) is 3.94. The molecule has 1 fully saturated rings. The Hall–Kier alpha value is -2.85. The molecule has 9 nitrogen and oxygen atoms in total. The number of halogens is 1. The summed E-state index contributed by atoms with van der Waals surface area (Å²) in [5.74, 6) is -0.808. The van der Waals surface area contributed by atoms with Crippen LogP contribution in [-0.2, 0) is 19.2 Å². The number of rotatable bonds is 6. The molecule has 0 saturated carbocycles. The predicted octanol–water partition coefficient (Wildman–Crippen LogP) is 2.08. The number of aromatic nitrogens is 1. The normalized spacial score (nSPS) is 19.2. The second-order valence-electron chi connectivity index (χ2n) is 5.62. The average molecular weight is 426 g/mol. The first-order chi connectivity index (χ1) is 13.4. The quantitative estimate of drug-likeness (QED) is 0.248. The van der Waals surface area contributed by atoms with E-state index in [1.54, 1.807) is 17.5 Å². The maximum atomic E-state index is 12.4. The molecular formula is C17H16ClN3O6S. The number of ether oxygens (including phenoxy) is 2. The van der Waals surface area contributed by atoms with Crippen molar-refractivity contribution in [3.8, 4) is 11.5 Å². The number of alkyl halides is 1. The van der Waals surface area contributed by atoms with Crippen LogP contribution in [-0.4, -0.2) is 54.4 Å². The highest BCUT2D eigenvalue weighted by atomic mass is 35.5. The smallest absolute Gasteiger partial charge is 0.362 e. The maximum absolute atomic E-state index is 12.4. The third-order valence-corrected chi connectivity index (χ3v) is 5.34. The fourth-order valence-corrected chi connectivity index (χ4v) is 3.94. The van der Waals surface area contributed by atoms with Crippen molar-refractivity contribution in [1.29, 1.82) is 0 Å². The van der Waals surface area contributed by atoms with Gasteiger partial charge in [0, 0.05) is 5.38 Å². The van der Waals surface area contributed by atoms with Crippen LogP contribution in [0.3, 0.4) is 0 Å². The van der Waals surface area contributed by atoms with Crippen LogP contribution in [0.4, 0.5) is 5.13 Å². The molecule has 1 aliphatic rings. The average Bonchev–Trinajstić information content (AvgIpc) is 3.18. The van der Waals surface area contributed by atoms with Gasteiger partial charge in [-0.25, -0.2) is 9.78 Å². The first-order valence-electron chi connectivity index (χ1n) is 7.92. The maximum Gasteiger partial charge on any atom is 0.362 e. The predicted molar refractivity (Wildman–Crippen MR) is 102 cm³/mol. The number of β-lactam (4-membered cyclic amide) rings is 1. The van der Waals surface area contributed by atoms with E-state index in [2.05, 4.69) is 19.7 Å². The van der Waals surface area contributed by atoms with Crippen LogP contribution < -0.4 is 9.64 Å². The number of nitrogens with zero attached hydrogens (tertiary/aromatic N) is 3. The number of phenols is 1. The molecule has 0 bridgehead atoms. The molecule has 2 atom stereocenters. The van der Waals surface area contributed by atoms with Crippen molar-refractivity contribution in [2.75, 3.05) is 26.2 Å². The molecule has 3 rings (SSSR count). The lowest BCUT2D eigenvalue weighted by molar-refractivity contribution is -0.132. The monoisotopic (exact) mass is 425 g/mol. The summed E-state index contributed by atoms with van der Waals surface area (Å²) in [4.78, 5) is 34.7. The fourth-order valence-electron chi connectivity index (χ4n) is 2.72. The Morgan fingerprint density at radius 1 is 1.36 bits per heavy atom. The number of thiazole rings is 1. The van der Waals surface area contributed by atoms with E-state index in [4.69, 9.17) is 16.3 Å². The Labute approximate surface area is 169 Å². The highest BCUT2D eigenvalue weighted by Crippen LogP contribution is 2.44. The lowest BCUT2D eigenvalue weighted by Crippen LogP contribution is -2.56. The lowest BCUT2D eigenvalue weighted by atomic mass is 9.93. The number of methoxy groups -OCH3 is 2. The molecule has 1 aliphatic heterocycles. The van der Waals surface area contributed by atoms with Gasteiger partial charge >= 0.3 is 5.97 Å². The number of phenolic OH excluding ortho intramolecular Hbond substituents is 1. The molecule has 28 heavy (non-hydrogen) atoms. The van der Waals surface area contributed by atoms with Crippen molar-refractivity contribution in [3.05, 3.63) is 34.8 Å². The highest BCUT2D eigenvalue weighted by Gasteiger charge is 2.49. The van der Waals surface area contributed by atoms with E-state index < -0.39 is 17.4 Å². The number of hydrogen-bond donors (Lipinski definition) is 1. The van der Waals surface area contributed by atoms with Gasteiger partial charge in [0.25, 0.3) is 0 Å². The first kappa shape index (κ1) is 19.9. The van der Waals surface area contributed by atoms with E-state index in [0.717, 1.165) is 11.3 Å². The third-order valence-electron chi connectivity index (χ3n) is 4.08. The van der Waals surface area contributed by atoms with Crippen molar-refractivity contribution >= 4 is 45.7 Å². The SMILES string of the molecule is CO/N=C(\C(=O)OC)c1csc(N2C(=O)C(Cl)C2c2ccc(O)c(OC)c2)n1. The molecule has 0 spiro atoms. The van der Waals surface area contributed by atoms with Gasteiger partial charge in [-0.2, -0.15) is 0 Å². The fraction of sp³-hybridized carbons (Fsp3) is 0.294. The number of amides is 1. The van der Waals surface area contributed by atoms with E-state index >= 15 is 0 Å².